The summed E-state index contributed by atoms with van der Waals surface area (Å²) in [7, 11) is 1.64. The van der Waals surface area contributed by atoms with Gasteiger partial charge in [-0.15, -0.1) is 0 Å². The lowest BCUT2D eigenvalue weighted by Gasteiger charge is -2.38. The first-order valence-electron chi connectivity index (χ1n) is 11.3. The summed E-state index contributed by atoms with van der Waals surface area (Å²) in [6.07, 6.45) is 5.43. The van der Waals surface area contributed by atoms with Gasteiger partial charge in [0.15, 0.2) is 6.10 Å². The molecule has 4 rings (SSSR count). The van der Waals surface area contributed by atoms with Crippen molar-refractivity contribution < 1.29 is 19.0 Å². The van der Waals surface area contributed by atoms with E-state index in [1.165, 1.54) is 24.0 Å². The second-order valence-electron chi connectivity index (χ2n) is 9.18. The molecule has 2 aliphatic rings. The Balaban J connectivity index is 1.51. The van der Waals surface area contributed by atoms with Crippen molar-refractivity contribution in [3.05, 3.63) is 53.1 Å². The van der Waals surface area contributed by atoms with Crippen LogP contribution in [0.2, 0.25) is 0 Å². The zero-order valence-electron chi connectivity index (χ0n) is 19.0. The molecule has 0 bridgehead atoms. The largest absolute Gasteiger partial charge is 0.497 e. The number of hydrogen-bond acceptors (Lipinski definition) is 4. The van der Waals surface area contributed by atoms with Gasteiger partial charge in [0.2, 0.25) is 0 Å². The summed E-state index contributed by atoms with van der Waals surface area (Å²) < 4.78 is 17.7. The predicted octanol–water partition coefficient (Wildman–Crippen LogP) is 5.15. The Labute approximate surface area is 185 Å². The van der Waals surface area contributed by atoms with E-state index in [1.54, 1.807) is 7.11 Å². The van der Waals surface area contributed by atoms with Gasteiger partial charge in [-0.05, 0) is 87.4 Å². The zero-order valence-corrected chi connectivity index (χ0v) is 19.0. The van der Waals surface area contributed by atoms with Gasteiger partial charge in [-0.2, -0.15) is 0 Å². The first-order valence-corrected chi connectivity index (χ1v) is 11.3. The predicted molar refractivity (Wildman–Crippen MR) is 121 cm³/mol. The Kier molecular flexibility index (Phi) is 6.12. The number of nitrogens with one attached hydrogen (secondary N) is 1. The molecule has 0 radical (unpaired) electrons. The van der Waals surface area contributed by atoms with E-state index in [4.69, 9.17) is 14.2 Å². The number of carbonyl (C=O) groups excluding carboxylic acids is 1. The highest BCUT2D eigenvalue weighted by molar-refractivity contribution is 5.81. The number of hydrogen-bond donors (Lipinski definition) is 1. The van der Waals surface area contributed by atoms with E-state index in [1.807, 2.05) is 45.0 Å². The number of carbonyl (C=O) groups is 1. The van der Waals surface area contributed by atoms with E-state index in [2.05, 4.69) is 17.4 Å². The zero-order chi connectivity index (χ0) is 22.0. The Morgan fingerprint density at radius 1 is 1.13 bits per heavy atom. The van der Waals surface area contributed by atoms with Crippen molar-refractivity contribution in [2.45, 2.75) is 77.0 Å². The second-order valence-corrected chi connectivity index (χ2v) is 9.18. The molecule has 0 saturated carbocycles. The summed E-state index contributed by atoms with van der Waals surface area (Å²) in [5.41, 5.74) is 3.33. The number of amides is 1. The number of methoxy groups -OCH3 is 1. The lowest BCUT2D eigenvalue weighted by atomic mass is 9.89. The fraction of sp³-hybridized carbons (Fsp3) is 0.500. The SMILES string of the molecule is CC[C@H](Oc1ccc2c(c1)CCCC2)C(=O)N[C@H]1CC(C)(C)Oc2ccc(OC)cc21. The molecule has 1 aliphatic carbocycles. The molecule has 0 aromatic heterocycles. The van der Waals surface area contributed by atoms with Crippen LogP contribution in [0.5, 0.6) is 17.2 Å². The molecule has 1 aliphatic heterocycles. The standard InChI is InChI=1S/C26H33NO4/c1-5-23(30-20-11-10-17-8-6-7-9-18(17)14-20)25(28)27-22-16-26(2,3)31-24-13-12-19(29-4)15-21(22)24/h10-15,22-23H,5-9,16H2,1-4H3,(H,27,28)/t22-,23-/m0/s1. The van der Waals surface area contributed by atoms with Gasteiger partial charge in [0.25, 0.3) is 5.91 Å². The molecular weight excluding hydrogens is 390 g/mol. The average Bonchev–Trinajstić information content (AvgIpc) is 2.76. The number of rotatable bonds is 6. The highest BCUT2D eigenvalue weighted by Gasteiger charge is 2.36. The lowest BCUT2D eigenvalue weighted by molar-refractivity contribution is -0.129. The quantitative estimate of drug-likeness (QED) is 0.698. The topological polar surface area (TPSA) is 56.8 Å². The van der Waals surface area contributed by atoms with Gasteiger partial charge in [-0.3, -0.25) is 4.79 Å². The molecule has 5 heteroatoms. The van der Waals surface area contributed by atoms with Crippen LogP contribution < -0.4 is 19.5 Å². The highest BCUT2D eigenvalue weighted by atomic mass is 16.5. The maximum Gasteiger partial charge on any atom is 0.261 e. The molecule has 5 nitrogen and oxygen atoms in total. The molecule has 2 aromatic carbocycles. The second kappa shape index (κ2) is 8.81. The maximum absolute atomic E-state index is 13.2. The van der Waals surface area contributed by atoms with E-state index in [0.717, 1.165) is 35.7 Å². The molecule has 2 atom stereocenters. The van der Waals surface area contributed by atoms with Crippen molar-refractivity contribution in [2.75, 3.05) is 7.11 Å². The van der Waals surface area contributed by atoms with Crippen molar-refractivity contribution in [3.63, 3.8) is 0 Å². The summed E-state index contributed by atoms with van der Waals surface area (Å²) in [6.45, 7) is 6.06. The Bertz CT molecular complexity index is 952. The highest BCUT2D eigenvalue weighted by Crippen LogP contribution is 2.41. The van der Waals surface area contributed by atoms with Gasteiger partial charge >= 0.3 is 0 Å². The summed E-state index contributed by atoms with van der Waals surface area (Å²) in [5, 5.41) is 3.22. The van der Waals surface area contributed by atoms with Gasteiger partial charge in [-0.1, -0.05) is 13.0 Å². The van der Waals surface area contributed by atoms with Crippen LogP contribution in [0.25, 0.3) is 0 Å². The molecular formula is C26H33NO4. The minimum absolute atomic E-state index is 0.100. The first-order chi connectivity index (χ1) is 14.9. The molecule has 0 saturated heterocycles. The molecule has 1 heterocycles. The average molecular weight is 424 g/mol. The van der Waals surface area contributed by atoms with Crippen LogP contribution in [0.3, 0.4) is 0 Å². The summed E-state index contributed by atoms with van der Waals surface area (Å²) in [6, 6.07) is 11.8. The van der Waals surface area contributed by atoms with E-state index in [0.29, 0.717) is 12.8 Å². The molecule has 1 N–H and O–H groups in total. The van der Waals surface area contributed by atoms with E-state index in [-0.39, 0.29) is 17.6 Å². The van der Waals surface area contributed by atoms with Crippen LogP contribution in [0.1, 0.15) is 69.2 Å². The van der Waals surface area contributed by atoms with Crippen LogP contribution in [0, 0.1) is 0 Å². The fourth-order valence-electron chi connectivity index (χ4n) is 4.62. The van der Waals surface area contributed by atoms with Gasteiger partial charge in [0, 0.05) is 12.0 Å². The molecule has 0 spiro atoms. The van der Waals surface area contributed by atoms with Crippen LogP contribution in [-0.2, 0) is 17.6 Å². The molecule has 0 unspecified atom stereocenters. The maximum atomic E-state index is 13.2. The molecule has 1 amide bonds. The van der Waals surface area contributed by atoms with Gasteiger partial charge in [0.1, 0.15) is 22.8 Å². The fourth-order valence-corrected chi connectivity index (χ4v) is 4.62. The number of aryl methyl sites for hydroxylation is 2. The number of benzene rings is 2. The van der Waals surface area contributed by atoms with E-state index >= 15 is 0 Å². The van der Waals surface area contributed by atoms with Crippen molar-refractivity contribution in [3.8, 4) is 17.2 Å². The smallest absolute Gasteiger partial charge is 0.261 e. The van der Waals surface area contributed by atoms with Crippen molar-refractivity contribution in [2.24, 2.45) is 0 Å². The van der Waals surface area contributed by atoms with Gasteiger partial charge in [-0.25, -0.2) is 0 Å². The lowest BCUT2D eigenvalue weighted by Crippen LogP contribution is -2.45. The first kappa shape index (κ1) is 21.5. The molecule has 31 heavy (non-hydrogen) atoms. The van der Waals surface area contributed by atoms with Crippen molar-refractivity contribution in [1.82, 2.24) is 5.32 Å². The Morgan fingerprint density at radius 3 is 2.61 bits per heavy atom. The third-order valence-corrected chi connectivity index (χ3v) is 6.25. The number of fused-ring (bicyclic) bond motifs is 2. The minimum atomic E-state index is -0.540. The molecule has 166 valence electrons. The van der Waals surface area contributed by atoms with E-state index < -0.39 is 6.10 Å². The molecule has 2 aromatic rings. The van der Waals surface area contributed by atoms with Crippen LogP contribution in [0.15, 0.2) is 36.4 Å². The van der Waals surface area contributed by atoms with Crippen LogP contribution in [-0.4, -0.2) is 24.7 Å². The normalized spacial score (nSPS) is 19.9. The van der Waals surface area contributed by atoms with Crippen LogP contribution >= 0.6 is 0 Å². The summed E-state index contributed by atoms with van der Waals surface area (Å²) in [5.74, 6) is 2.21. The summed E-state index contributed by atoms with van der Waals surface area (Å²) >= 11 is 0. The van der Waals surface area contributed by atoms with Crippen LogP contribution in [0.4, 0.5) is 0 Å². The Morgan fingerprint density at radius 2 is 1.87 bits per heavy atom. The minimum Gasteiger partial charge on any atom is -0.497 e. The number of ether oxygens (including phenoxy) is 3. The van der Waals surface area contributed by atoms with Crippen molar-refractivity contribution in [1.29, 1.82) is 0 Å². The monoisotopic (exact) mass is 423 g/mol. The van der Waals surface area contributed by atoms with E-state index in [9.17, 15) is 4.79 Å². The van der Waals surface area contributed by atoms with Gasteiger partial charge in [0.05, 0.1) is 13.2 Å². The van der Waals surface area contributed by atoms with Gasteiger partial charge < -0.3 is 19.5 Å². The third kappa shape index (κ3) is 4.81. The van der Waals surface area contributed by atoms with Crippen molar-refractivity contribution >= 4 is 5.91 Å². The Hall–Kier alpha value is -2.69. The summed E-state index contributed by atoms with van der Waals surface area (Å²) in [4.78, 5) is 13.2. The molecule has 0 fully saturated rings. The third-order valence-electron chi connectivity index (χ3n) is 6.25.